The largest absolute Gasteiger partial charge is 0.394 e. The van der Waals surface area contributed by atoms with Gasteiger partial charge in [-0.2, -0.15) is 0 Å². The maximum absolute atomic E-state index is 3.01. The Balaban J connectivity index is 4.07. The van der Waals surface area contributed by atoms with Crippen LogP contribution in [0, 0.1) is 0 Å². The van der Waals surface area contributed by atoms with Gasteiger partial charge in [-0.05, 0) is 44.5 Å². The zero-order valence-corrected chi connectivity index (χ0v) is 8.78. The molecule has 0 heterocycles. The Kier molecular flexibility index (Phi) is 6.54. The highest BCUT2D eigenvalue weighted by Gasteiger charge is 1.93. The minimum Gasteiger partial charge on any atom is -0.394 e. The van der Waals surface area contributed by atoms with Crippen LogP contribution in [0.5, 0.6) is 0 Å². The maximum Gasteiger partial charge on any atom is 0.00277 e. The Bertz CT molecular complexity index is 162. The van der Waals surface area contributed by atoms with Gasteiger partial charge < -0.3 is 5.32 Å². The summed E-state index contributed by atoms with van der Waals surface area (Å²) < 4.78 is 0. The Morgan fingerprint density at radius 3 is 2.42 bits per heavy atom. The van der Waals surface area contributed by atoms with E-state index in [9.17, 15) is 0 Å². The van der Waals surface area contributed by atoms with Crippen molar-refractivity contribution in [2.24, 2.45) is 0 Å². The van der Waals surface area contributed by atoms with Crippen molar-refractivity contribution in [1.29, 1.82) is 0 Å². The summed E-state index contributed by atoms with van der Waals surface area (Å²) in [4.78, 5) is 0. The van der Waals surface area contributed by atoms with Crippen LogP contribution in [0.2, 0.25) is 0 Å². The highest BCUT2D eigenvalue weighted by atomic mass is 14.8. The molecule has 0 rings (SSSR count). The molecule has 0 saturated carbocycles. The standard InChI is InChI=1S/C11H21N/c1-5-6-7-11(10(2)3)8-9-12-4/h8-9,12H,5-7H2,1-4H3/b9-8-. The van der Waals surface area contributed by atoms with Crippen molar-refractivity contribution in [2.45, 2.75) is 40.0 Å². The van der Waals surface area contributed by atoms with Gasteiger partial charge in [-0.25, -0.2) is 0 Å². The molecule has 0 spiro atoms. The normalized spacial score (nSPS) is 10.3. The molecule has 0 aromatic heterocycles. The summed E-state index contributed by atoms with van der Waals surface area (Å²) in [6.45, 7) is 6.57. The predicted octanol–water partition coefficient (Wildman–Crippen LogP) is 3.25. The highest BCUT2D eigenvalue weighted by Crippen LogP contribution is 2.13. The van der Waals surface area contributed by atoms with Crippen molar-refractivity contribution in [3.8, 4) is 0 Å². The fourth-order valence-electron chi connectivity index (χ4n) is 1.05. The van der Waals surface area contributed by atoms with E-state index in [-0.39, 0.29) is 0 Å². The van der Waals surface area contributed by atoms with Gasteiger partial charge in [-0.15, -0.1) is 0 Å². The first-order valence-corrected chi connectivity index (χ1v) is 4.72. The quantitative estimate of drug-likeness (QED) is 0.620. The lowest BCUT2D eigenvalue weighted by molar-refractivity contribution is 0.791. The van der Waals surface area contributed by atoms with Gasteiger partial charge in [0.15, 0.2) is 0 Å². The van der Waals surface area contributed by atoms with Gasteiger partial charge in [0.1, 0.15) is 0 Å². The summed E-state index contributed by atoms with van der Waals surface area (Å²) in [7, 11) is 1.93. The second kappa shape index (κ2) is 6.96. The van der Waals surface area contributed by atoms with E-state index in [4.69, 9.17) is 0 Å². The monoisotopic (exact) mass is 167 g/mol. The minimum atomic E-state index is 1.21. The van der Waals surface area contributed by atoms with E-state index < -0.39 is 0 Å². The molecular weight excluding hydrogens is 146 g/mol. The molecular formula is C11H21N. The van der Waals surface area contributed by atoms with Crippen LogP contribution in [-0.2, 0) is 0 Å². The van der Waals surface area contributed by atoms with Crippen LogP contribution in [0.4, 0.5) is 0 Å². The number of unbranched alkanes of at least 4 members (excludes halogenated alkanes) is 1. The number of allylic oxidation sites excluding steroid dienone is 3. The van der Waals surface area contributed by atoms with Crippen LogP contribution >= 0.6 is 0 Å². The van der Waals surface area contributed by atoms with E-state index >= 15 is 0 Å². The summed E-state index contributed by atoms with van der Waals surface area (Å²) in [5.41, 5.74) is 2.89. The molecule has 0 bridgehead atoms. The summed E-state index contributed by atoms with van der Waals surface area (Å²) in [6, 6.07) is 0. The number of hydrogen-bond acceptors (Lipinski definition) is 1. The first-order chi connectivity index (χ1) is 5.72. The van der Waals surface area contributed by atoms with Crippen LogP contribution in [0.1, 0.15) is 40.0 Å². The molecule has 0 amide bonds. The third-order valence-electron chi connectivity index (χ3n) is 1.89. The minimum absolute atomic E-state index is 1.21. The molecule has 1 heteroatoms. The van der Waals surface area contributed by atoms with E-state index in [1.165, 1.54) is 30.4 Å². The first-order valence-electron chi connectivity index (χ1n) is 4.72. The van der Waals surface area contributed by atoms with E-state index in [0.717, 1.165) is 0 Å². The van der Waals surface area contributed by atoms with Crippen molar-refractivity contribution in [3.05, 3.63) is 23.4 Å². The van der Waals surface area contributed by atoms with Crippen molar-refractivity contribution in [1.82, 2.24) is 5.32 Å². The molecule has 0 fully saturated rings. The molecule has 0 atom stereocenters. The Labute approximate surface area is 76.6 Å². The van der Waals surface area contributed by atoms with Gasteiger partial charge in [0.05, 0.1) is 0 Å². The smallest absolute Gasteiger partial charge is 0.00277 e. The molecule has 0 radical (unpaired) electrons. The van der Waals surface area contributed by atoms with E-state index in [1.807, 2.05) is 13.2 Å². The zero-order chi connectivity index (χ0) is 9.40. The number of rotatable bonds is 5. The molecule has 1 N–H and O–H groups in total. The van der Waals surface area contributed by atoms with Gasteiger partial charge >= 0.3 is 0 Å². The average Bonchev–Trinajstić information content (AvgIpc) is 2.04. The fourth-order valence-corrected chi connectivity index (χ4v) is 1.05. The van der Waals surface area contributed by atoms with E-state index in [1.54, 1.807) is 0 Å². The van der Waals surface area contributed by atoms with E-state index in [0.29, 0.717) is 0 Å². The summed E-state index contributed by atoms with van der Waals surface area (Å²) in [6.07, 6.45) is 7.93. The SMILES string of the molecule is CCCCC(/C=C\NC)=C(C)C. The topological polar surface area (TPSA) is 12.0 Å². The lowest BCUT2D eigenvalue weighted by atomic mass is 10.0. The van der Waals surface area contributed by atoms with Crippen molar-refractivity contribution in [3.63, 3.8) is 0 Å². The molecule has 0 aliphatic heterocycles. The van der Waals surface area contributed by atoms with Crippen molar-refractivity contribution in [2.75, 3.05) is 7.05 Å². The van der Waals surface area contributed by atoms with Crippen LogP contribution in [-0.4, -0.2) is 7.05 Å². The molecule has 0 unspecified atom stereocenters. The third kappa shape index (κ3) is 5.00. The van der Waals surface area contributed by atoms with Gasteiger partial charge in [0, 0.05) is 7.05 Å². The number of hydrogen-bond donors (Lipinski definition) is 1. The van der Waals surface area contributed by atoms with Crippen LogP contribution in [0.3, 0.4) is 0 Å². The van der Waals surface area contributed by atoms with Gasteiger partial charge in [-0.1, -0.05) is 18.9 Å². The van der Waals surface area contributed by atoms with Gasteiger partial charge in [-0.3, -0.25) is 0 Å². The summed E-state index contributed by atoms with van der Waals surface area (Å²) >= 11 is 0. The average molecular weight is 167 g/mol. The molecule has 0 aromatic rings. The second-order valence-electron chi connectivity index (χ2n) is 3.25. The Morgan fingerprint density at radius 1 is 1.33 bits per heavy atom. The maximum atomic E-state index is 3.01. The first kappa shape index (κ1) is 11.3. The van der Waals surface area contributed by atoms with Crippen LogP contribution < -0.4 is 5.32 Å². The fraction of sp³-hybridized carbons (Fsp3) is 0.636. The summed E-state index contributed by atoms with van der Waals surface area (Å²) in [5, 5.41) is 3.01. The van der Waals surface area contributed by atoms with Gasteiger partial charge in [0.2, 0.25) is 0 Å². The molecule has 12 heavy (non-hydrogen) atoms. The Morgan fingerprint density at radius 2 is 2.00 bits per heavy atom. The highest BCUT2D eigenvalue weighted by molar-refractivity contribution is 5.22. The molecule has 70 valence electrons. The predicted molar refractivity (Wildman–Crippen MR) is 56.1 cm³/mol. The lowest BCUT2D eigenvalue weighted by Crippen LogP contribution is -1.93. The molecule has 0 aromatic carbocycles. The Hall–Kier alpha value is -0.720. The molecule has 0 saturated heterocycles. The molecule has 0 aliphatic carbocycles. The third-order valence-corrected chi connectivity index (χ3v) is 1.89. The van der Waals surface area contributed by atoms with Crippen LogP contribution in [0.15, 0.2) is 23.4 Å². The lowest BCUT2D eigenvalue weighted by Gasteiger charge is -2.03. The summed E-state index contributed by atoms with van der Waals surface area (Å²) in [5.74, 6) is 0. The molecule has 0 aliphatic rings. The van der Waals surface area contributed by atoms with Crippen molar-refractivity contribution >= 4 is 0 Å². The zero-order valence-electron chi connectivity index (χ0n) is 8.78. The van der Waals surface area contributed by atoms with Crippen molar-refractivity contribution < 1.29 is 0 Å². The van der Waals surface area contributed by atoms with Crippen LogP contribution in [0.25, 0.3) is 0 Å². The number of nitrogens with one attached hydrogen (secondary N) is 1. The molecule has 1 nitrogen and oxygen atoms in total. The van der Waals surface area contributed by atoms with E-state index in [2.05, 4.69) is 32.2 Å². The van der Waals surface area contributed by atoms with Gasteiger partial charge in [0.25, 0.3) is 0 Å². The second-order valence-corrected chi connectivity index (χ2v) is 3.25.